The van der Waals surface area contributed by atoms with E-state index in [1.54, 1.807) is 12.1 Å². The maximum atomic E-state index is 13.6. The van der Waals surface area contributed by atoms with Crippen LogP contribution in [-0.2, 0) is 6.42 Å². The number of alkyl halides is 1. The smallest absolute Gasteiger partial charge is 0.123 e. The second kappa shape index (κ2) is 5.37. The monoisotopic (exact) mass is 229 g/mol. The van der Waals surface area contributed by atoms with Crippen molar-refractivity contribution in [2.45, 2.75) is 31.4 Å². The van der Waals surface area contributed by atoms with Crippen LogP contribution >= 0.6 is 0 Å². The van der Waals surface area contributed by atoms with Crippen LogP contribution in [0.4, 0.5) is 8.78 Å². The lowest BCUT2D eigenvalue weighted by atomic mass is 10.1. The highest BCUT2D eigenvalue weighted by atomic mass is 28.3. The van der Waals surface area contributed by atoms with E-state index in [0.717, 1.165) is 5.56 Å². The summed E-state index contributed by atoms with van der Waals surface area (Å²) in [5.41, 5.74) is 6.23. The van der Waals surface area contributed by atoms with E-state index in [9.17, 15) is 8.78 Å². The molecule has 2 unspecified atom stereocenters. The summed E-state index contributed by atoms with van der Waals surface area (Å²) in [6, 6.07) is 5.91. The summed E-state index contributed by atoms with van der Waals surface area (Å²) in [5.74, 6) is -0.295. The number of hydrogen-bond acceptors (Lipinski definition) is 1. The topological polar surface area (TPSA) is 26.0 Å². The number of benzene rings is 1. The third-order valence-corrected chi connectivity index (χ3v) is 4.49. The van der Waals surface area contributed by atoms with Gasteiger partial charge in [0, 0.05) is 12.1 Å². The fraction of sp³-hybridized carbons (Fsp3) is 0.455. The van der Waals surface area contributed by atoms with Gasteiger partial charge in [-0.1, -0.05) is 25.2 Å². The average Bonchev–Trinajstić information content (AvgIpc) is 2.20. The molecule has 1 aromatic rings. The van der Waals surface area contributed by atoms with Gasteiger partial charge in [-0.3, -0.25) is 0 Å². The molecule has 0 amide bonds. The van der Waals surface area contributed by atoms with Crippen molar-refractivity contribution in [2.24, 2.45) is 5.73 Å². The van der Waals surface area contributed by atoms with Crippen molar-refractivity contribution in [3.05, 3.63) is 35.6 Å². The van der Waals surface area contributed by atoms with Crippen LogP contribution in [0.25, 0.3) is 0 Å². The van der Waals surface area contributed by atoms with Crippen LogP contribution < -0.4 is 5.73 Å². The minimum Gasteiger partial charge on any atom is -0.328 e. The second-order valence-electron chi connectivity index (χ2n) is 4.17. The van der Waals surface area contributed by atoms with E-state index in [-0.39, 0.29) is 17.9 Å². The maximum Gasteiger partial charge on any atom is 0.123 e. The Morgan fingerprint density at radius 2 is 1.80 bits per heavy atom. The van der Waals surface area contributed by atoms with Crippen LogP contribution in [0.1, 0.15) is 5.56 Å². The molecule has 0 aliphatic carbocycles. The lowest BCUT2D eigenvalue weighted by Gasteiger charge is -2.19. The number of hydrogen-bond donors (Lipinski definition) is 1. The molecule has 0 bridgehead atoms. The molecule has 0 saturated carbocycles. The first kappa shape index (κ1) is 12.3. The Labute approximate surface area is 90.9 Å². The molecule has 0 fully saturated rings. The van der Waals surface area contributed by atoms with Crippen LogP contribution in [0, 0.1) is 5.82 Å². The molecule has 0 aliphatic rings. The predicted octanol–water partition coefficient (Wildman–Crippen LogP) is 2.06. The molecular weight excluding hydrogens is 212 g/mol. The summed E-state index contributed by atoms with van der Waals surface area (Å²) in [6.45, 7) is 4.06. The third-order valence-electron chi connectivity index (χ3n) is 2.53. The first-order chi connectivity index (χ1) is 7.00. The molecule has 84 valence electrons. The fourth-order valence-corrected chi connectivity index (χ4v) is 2.37. The highest BCUT2D eigenvalue weighted by Crippen LogP contribution is 2.11. The third kappa shape index (κ3) is 3.72. The van der Waals surface area contributed by atoms with Crippen molar-refractivity contribution in [3.8, 4) is 0 Å². The Morgan fingerprint density at radius 1 is 1.27 bits per heavy atom. The van der Waals surface area contributed by atoms with E-state index >= 15 is 0 Å². The van der Waals surface area contributed by atoms with Crippen LogP contribution in [-0.4, -0.2) is 20.6 Å². The summed E-state index contributed by atoms with van der Waals surface area (Å²) >= 11 is 0. The molecule has 15 heavy (non-hydrogen) atoms. The van der Waals surface area contributed by atoms with E-state index < -0.39 is 15.0 Å². The van der Waals surface area contributed by atoms with Crippen molar-refractivity contribution in [1.29, 1.82) is 0 Å². The van der Waals surface area contributed by atoms with Crippen molar-refractivity contribution >= 4 is 8.80 Å². The molecule has 2 N–H and O–H groups in total. The quantitative estimate of drug-likeness (QED) is 0.786. The number of nitrogens with two attached hydrogens (primary N) is 1. The van der Waals surface area contributed by atoms with Crippen LogP contribution in [0.2, 0.25) is 13.1 Å². The fourth-order valence-electron chi connectivity index (χ4n) is 1.40. The van der Waals surface area contributed by atoms with Gasteiger partial charge in [-0.2, -0.15) is 0 Å². The molecule has 0 saturated heterocycles. The van der Waals surface area contributed by atoms with E-state index in [2.05, 4.69) is 0 Å². The lowest BCUT2D eigenvalue weighted by molar-refractivity contribution is 0.318. The van der Waals surface area contributed by atoms with Gasteiger partial charge >= 0.3 is 0 Å². The highest BCUT2D eigenvalue weighted by molar-refractivity contribution is 6.57. The lowest BCUT2D eigenvalue weighted by Crippen LogP contribution is -2.43. The van der Waals surface area contributed by atoms with Gasteiger partial charge in [-0.05, 0) is 17.7 Å². The largest absolute Gasteiger partial charge is 0.328 e. The predicted molar refractivity (Wildman–Crippen MR) is 61.9 cm³/mol. The van der Waals surface area contributed by atoms with Crippen LogP contribution in [0.5, 0.6) is 0 Å². The second-order valence-corrected chi connectivity index (χ2v) is 7.43. The van der Waals surface area contributed by atoms with E-state index in [4.69, 9.17) is 5.73 Å². The average molecular weight is 229 g/mol. The molecule has 1 rings (SSSR count). The molecule has 0 spiro atoms. The molecule has 0 aliphatic heterocycles. The molecular formula is C11H17F2NSi. The minimum absolute atomic E-state index is 0.284. The maximum absolute atomic E-state index is 13.6. The van der Waals surface area contributed by atoms with Gasteiger partial charge < -0.3 is 5.73 Å². The zero-order valence-electron chi connectivity index (χ0n) is 9.08. The molecule has 2 atom stereocenters. The van der Waals surface area contributed by atoms with Gasteiger partial charge in [0.25, 0.3) is 0 Å². The molecule has 4 heteroatoms. The van der Waals surface area contributed by atoms with Crippen molar-refractivity contribution < 1.29 is 8.78 Å². The van der Waals surface area contributed by atoms with E-state index in [0.29, 0.717) is 0 Å². The molecule has 0 heterocycles. The molecule has 0 aromatic heterocycles. The standard InChI is InChI=1S/C11H17F2NSi/c1-15(2)11(14)10(13)7-8-3-5-9(12)6-4-8/h3-6,10-11,15H,7,14H2,1-2H3. The van der Waals surface area contributed by atoms with Gasteiger partial charge in [-0.15, -0.1) is 0 Å². The Bertz CT molecular complexity index is 300. The Morgan fingerprint density at radius 3 is 2.27 bits per heavy atom. The summed E-state index contributed by atoms with van der Waals surface area (Å²) in [5, 5.41) is 0. The van der Waals surface area contributed by atoms with Crippen molar-refractivity contribution in [1.82, 2.24) is 0 Å². The van der Waals surface area contributed by atoms with Crippen LogP contribution in [0.15, 0.2) is 24.3 Å². The Kier molecular flexibility index (Phi) is 4.41. The van der Waals surface area contributed by atoms with Crippen LogP contribution in [0.3, 0.4) is 0 Å². The zero-order chi connectivity index (χ0) is 11.4. The Hall–Kier alpha value is -0.743. The minimum atomic E-state index is -1.14. The van der Waals surface area contributed by atoms with Crippen molar-refractivity contribution in [3.63, 3.8) is 0 Å². The van der Waals surface area contributed by atoms with Gasteiger partial charge in [0.1, 0.15) is 12.0 Å². The summed E-state index contributed by atoms with van der Waals surface area (Å²) in [6.07, 6.45) is -0.728. The molecule has 0 radical (unpaired) electrons. The summed E-state index contributed by atoms with van der Waals surface area (Å²) in [7, 11) is -1.14. The summed E-state index contributed by atoms with van der Waals surface area (Å²) in [4.78, 5) is 0. The number of halogens is 2. The van der Waals surface area contributed by atoms with Gasteiger partial charge in [0.15, 0.2) is 0 Å². The normalized spacial score (nSPS) is 15.3. The van der Waals surface area contributed by atoms with Gasteiger partial charge in [-0.25, -0.2) is 8.78 Å². The highest BCUT2D eigenvalue weighted by Gasteiger charge is 2.20. The Balaban J connectivity index is 2.58. The van der Waals surface area contributed by atoms with Crippen molar-refractivity contribution in [2.75, 3.05) is 0 Å². The van der Waals surface area contributed by atoms with Gasteiger partial charge in [0.05, 0.1) is 8.80 Å². The first-order valence-electron chi connectivity index (χ1n) is 5.15. The summed E-state index contributed by atoms with van der Waals surface area (Å²) < 4.78 is 26.2. The van der Waals surface area contributed by atoms with E-state index in [1.807, 2.05) is 13.1 Å². The molecule has 1 nitrogen and oxygen atoms in total. The van der Waals surface area contributed by atoms with Gasteiger partial charge in [0.2, 0.25) is 0 Å². The van der Waals surface area contributed by atoms with E-state index in [1.165, 1.54) is 12.1 Å². The first-order valence-corrected chi connectivity index (χ1v) is 8.12. The molecule has 1 aromatic carbocycles. The zero-order valence-corrected chi connectivity index (χ0v) is 10.2. The number of rotatable bonds is 4. The SMILES string of the molecule is C[SiH](C)C(N)C(F)Cc1ccc(F)cc1.